The summed E-state index contributed by atoms with van der Waals surface area (Å²) in [5.41, 5.74) is 0. The summed E-state index contributed by atoms with van der Waals surface area (Å²) in [6, 6.07) is 3.52. The van der Waals surface area contributed by atoms with Crippen molar-refractivity contribution in [2.24, 2.45) is 0 Å². The minimum Gasteiger partial charge on any atom is -0.389 e. The van der Waals surface area contributed by atoms with Gasteiger partial charge in [-0.15, -0.1) is 11.3 Å². The van der Waals surface area contributed by atoms with Gasteiger partial charge in [-0.3, -0.25) is 9.69 Å². The molecule has 1 saturated heterocycles. The minimum absolute atomic E-state index is 0.0430. The molecule has 0 radical (unpaired) electrons. The number of β-amino-alcohol motifs (C(OH)–C–C–N with tert-alkyl or cyclic N) is 1. The molecule has 1 unspecified atom stereocenters. The molecule has 0 aromatic carbocycles. The molecule has 5 nitrogen and oxygen atoms in total. The normalized spacial score (nSPS) is 18.0. The molecule has 1 aliphatic rings. The van der Waals surface area contributed by atoms with Crippen molar-refractivity contribution in [3.63, 3.8) is 0 Å². The van der Waals surface area contributed by atoms with E-state index >= 15 is 0 Å². The van der Waals surface area contributed by atoms with Gasteiger partial charge in [0.05, 0.1) is 21.9 Å². The van der Waals surface area contributed by atoms with E-state index in [-0.39, 0.29) is 5.91 Å². The first kappa shape index (κ1) is 16.7. The van der Waals surface area contributed by atoms with E-state index in [9.17, 15) is 9.90 Å². The highest BCUT2D eigenvalue weighted by atomic mass is 35.5. The van der Waals surface area contributed by atoms with Crippen molar-refractivity contribution >= 4 is 28.8 Å². The number of carbonyl (C=O) groups is 1. The van der Waals surface area contributed by atoms with E-state index in [4.69, 9.17) is 16.3 Å². The third-order valence-corrected chi connectivity index (χ3v) is 4.65. The van der Waals surface area contributed by atoms with E-state index in [1.807, 2.05) is 11.8 Å². The Kier molecular flexibility index (Phi) is 6.44. The number of nitrogens with zero attached hydrogens (tertiary/aromatic N) is 2. The highest BCUT2D eigenvalue weighted by Gasteiger charge is 2.24. The van der Waals surface area contributed by atoms with Crippen LogP contribution in [-0.2, 0) is 4.74 Å². The fraction of sp³-hybridized carbons (Fsp3) is 0.643. The molecular formula is C14H21ClN2O3S. The molecule has 1 aliphatic heterocycles. The van der Waals surface area contributed by atoms with Gasteiger partial charge in [0.25, 0.3) is 5.91 Å². The number of rotatable bonds is 6. The Morgan fingerprint density at radius 3 is 2.71 bits per heavy atom. The molecule has 1 atom stereocenters. The largest absolute Gasteiger partial charge is 0.389 e. The summed E-state index contributed by atoms with van der Waals surface area (Å²) in [4.78, 5) is 17.0. The van der Waals surface area contributed by atoms with Crippen molar-refractivity contribution in [2.45, 2.75) is 13.0 Å². The average Bonchev–Trinajstić information content (AvgIpc) is 2.92. The topological polar surface area (TPSA) is 53.0 Å². The molecule has 0 saturated carbocycles. The van der Waals surface area contributed by atoms with Gasteiger partial charge in [0.1, 0.15) is 0 Å². The molecule has 7 heteroatoms. The lowest BCUT2D eigenvalue weighted by atomic mass is 10.2. The number of aliphatic hydroxyl groups is 1. The Hall–Kier alpha value is -0.660. The van der Waals surface area contributed by atoms with E-state index in [1.54, 1.807) is 12.1 Å². The van der Waals surface area contributed by atoms with Crippen molar-refractivity contribution in [2.75, 3.05) is 45.9 Å². The lowest BCUT2D eigenvalue weighted by molar-refractivity contribution is 0.0112. The number of halogens is 1. The van der Waals surface area contributed by atoms with Crippen molar-refractivity contribution < 1.29 is 14.6 Å². The van der Waals surface area contributed by atoms with Gasteiger partial charge in [0, 0.05) is 39.3 Å². The molecule has 21 heavy (non-hydrogen) atoms. The van der Waals surface area contributed by atoms with E-state index in [0.717, 1.165) is 13.1 Å². The number of piperazine rings is 1. The van der Waals surface area contributed by atoms with Gasteiger partial charge in [-0.05, 0) is 19.1 Å². The van der Waals surface area contributed by atoms with Gasteiger partial charge in [0.2, 0.25) is 0 Å². The number of carbonyl (C=O) groups excluding carboxylic acids is 1. The smallest absolute Gasteiger partial charge is 0.264 e. The van der Waals surface area contributed by atoms with Crippen LogP contribution in [0.2, 0.25) is 4.34 Å². The Labute approximate surface area is 134 Å². The first-order valence-electron chi connectivity index (χ1n) is 7.13. The summed E-state index contributed by atoms with van der Waals surface area (Å²) >= 11 is 7.18. The molecule has 0 spiro atoms. The second-order valence-electron chi connectivity index (χ2n) is 5.01. The number of ether oxygens (including phenoxy) is 1. The van der Waals surface area contributed by atoms with Crippen LogP contribution in [-0.4, -0.2) is 72.9 Å². The fourth-order valence-electron chi connectivity index (χ4n) is 2.32. The first-order chi connectivity index (χ1) is 10.1. The van der Waals surface area contributed by atoms with Crippen LogP contribution in [0, 0.1) is 0 Å². The molecule has 2 heterocycles. The lowest BCUT2D eigenvalue weighted by Crippen LogP contribution is -2.50. The van der Waals surface area contributed by atoms with Crippen LogP contribution in [0.4, 0.5) is 0 Å². The zero-order valence-electron chi connectivity index (χ0n) is 12.1. The Morgan fingerprint density at radius 2 is 2.14 bits per heavy atom. The van der Waals surface area contributed by atoms with E-state index in [1.165, 1.54) is 11.3 Å². The van der Waals surface area contributed by atoms with Crippen LogP contribution in [0.5, 0.6) is 0 Å². The van der Waals surface area contributed by atoms with Gasteiger partial charge in [-0.25, -0.2) is 0 Å². The highest BCUT2D eigenvalue weighted by Crippen LogP contribution is 2.23. The van der Waals surface area contributed by atoms with Gasteiger partial charge in [-0.1, -0.05) is 11.6 Å². The number of amides is 1. The summed E-state index contributed by atoms with van der Waals surface area (Å²) in [6.45, 7) is 6.38. The molecule has 1 fully saturated rings. The molecule has 0 bridgehead atoms. The second-order valence-corrected chi connectivity index (χ2v) is 6.72. The predicted molar refractivity (Wildman–Crippen MR) is 84.2 cm³/mol. The average molecular weight is 333 g/mol. The molecule has 1 aromatic rings. The third-order valence-electron chi connectivity index (χ3n) is 3.43. The summed E-state index contributed by atoms with van der Waals surface area (Å²) in [7, 11) is 0. The first-order valence-corrected chi connectivity index (χ1v) is 8.32. The molecule has 2 rings (SSSR count). The van der Waals surface area contributed by atoms with E-state index < -0.39 is 6.10 Å². The van der Waals surface area contributed by atoms with E-state index in [0.29, 0.717) is 42.1 Å². The summed E-state index contributed by atoms with van der Waals surface area (Å²) < 4.78 is 5.84. The summed E-state index contributed by atoms with van der Waals surface area (Å²) in [5, 5.41) is 9.83. The highest BCUT2D eigenvalue weighted by molar-refractivity contribution is 7.17. The number of hydrogen-bond acceptors (Lipinski definition) is 5. The maximum Gasteiger partial charge on any atom is 0.264 e. The van der Waals surface area contributed by atoms with Crippen LogP contribution in [0.15, 0.2) is 12.1 Å². The van der Waals surface area contributed by atoms with Gasteiger partial charge in [0.15, 0.2) is 0 Å². The van der Waals surface area contributed by atoms with Crippen LogP contribution in [0.1, 0.15) is 16.6 Å². The minimum atomic E-state index is -0.469. The lowest BCUT2D eigenvalue weighted by Gasteiger charge is -2.35. The van der Waals surface area contributed by atoms with Crippen LogP contribution in [0.25, 0.3) is 0 Å². The third kappa shape index (κ3) is 4.93. The molecule has 1 amide bonds. The van der Waals surface area contributed by atoms with Crippen LogP contribution >= 0.6 is 22.9 Å². The number of aliphatic hydroxyl groups excluding tert-OH is 1. The van der Waals surface area contributed by atoms with Crippen LogP contribution in [0.3, 0.4) is 0 Å². The van der Waals surface area contributed by atoms with Crippen molar-refractivity contribution in [1.82, 2.24) is 9.80 Å². The maximum absolute atomic E-state index is 12.3. The maximum atomic E-state index is 12.3. The zero-order chi connectivity index (χ0) is 15.2. The Morgan fingerprint density at radius 1 is 1.43 bits per heavy atom. The SMILES string of the molecule is CCOCC(O)CN1CCN(C(=O)c2ccc(Cl)s2)CC1. The summed E-state index contributed by atoms with van der Waals surface area (Å²) in [6.07, 6.45) is -0.469. The second kappa shape index (κ2) is 8.10. The molecule has 1 N–H and O–H groups in total. The monoisotopic (exact) mass is 332 g/mol. The standard InChI is InChI=1S/C14H21ClN2O3S/c1-2-20-10-11(18)9-16-5-7-17(8-6-16)14(19)12-3-4-13(15)21-12/h3-4,11,18H,2,5-10H2,1H3. The van der Waals surface area contributed by atoms with Gasteiger partial charge >= 0.3 is 0 Å². The van der Waals surface area contributed by atoms with Crippen molar-refractivity contribution in [3.8, 4) is 0 Å². The fourth-order valence-corrected chi connectivity index (χ4v) is 3.33. The molecular weight excluding hydrogens is 312 g/mol. The summed E-state index contributed by atoms with van der Waals surface area (Å²) in [5.74, 6) is 0.0430. The van der Waals surface area contributed by atoms with Gasteiger partial charge in [-0.2, -0.15) is 0 Å². The Balaban J connectivity index is 1.76. The predicted octanol–water partition coefficient (Wildman–Crippen LogP) is 1.56. The van der Waals surface area contributed by atoms with E-state index in [2.05, 4.69) is 4.90 Å². The number of thiophene rings is 1. The van der Waals surface area contributed by atoms with Crippen molar-refractivity contribution in [1.29, 1.82) is 0 Å². The quantitative estimate of drug-likeness (QED) is 0.859. The Bertz CT molecular complexity index is 461. The zero-order valence-corrected chi connectivity index (χ0v) is 13.7. The molecule has 1 aromatic heterocycles. The molecule has 0 aliphatic carbocycles. The van der Waals surface area contributed by atoms with Crippen molar-refractivity contribution in [3.05, 3.63) is 21.3 Å². The van der Waals surface area contributed by atoms with Crippen LogP contribution < -0.4 is 0 Å². The van der Waals surface area contributed by atoms with Gasteiger partial charge < -0.3 is 14.7 Å². The number of hydrogen-bond donors (Lipinski definition) is 1. The molecule has 118 valence electrons.